The van der Waals surface area contributed by atoms with E-state index in [1.807, 2.05) is 0 Å². The molecule has 0 bridgehead atoms. The fourth-order valence-electron chi connectivity index (χ4n) is 2.66. The zero-order valence-corrected chi connectivity index (χ0v) is 15.6. The number of ketones is 1. The summed E-state index contributed by atoms with van der Waals surface area (Å²) < 4.78 is 45.3. The molecule has 0 fully saturated rings. The van der Waals surface area contributed by atoms with Crippen molar-refractivity contribution >= 4 is 28.3 Å². The van der Waals surface area contributed by atoms with Crippen molar-refractivity contribution in [1.29, 1.82) is 0 Å². The number of carbonyl (C=O) groups is 2. The number of rotatable bonds is 6. The summed E-state index contributed by atoms with van der Waals surface area (Å²) >= 11 is 0. The number of hydrogen-bond acceptors (Lipinski definition) is 5. The van der Waals surface area contributed by atoms with Crippen molar-refractivity contribution in [2.24, 2.45) is 0 Å². The molecule has 0 unspecified atom stereocenters. The maximum Gasteiger partial charge on any atom is 0.433 e. The van der Waals surface area contributed by atoms with Gasteiger partial charge in [0.05, 0.1) is 18.3 Å². The summed E-state index contributed by atoms with van der Waals surface area (Å²) in [5, 5.41) is 7.54. The average molecular weight is 406 g/mol. The van der Waals surface area contributed by atoms with Crippen LogP contribution in [0.5, 0.6) is 5.75 Å². The molecule has 3 rings (SSSR count). The molecule has 2 heterocycles. The molecular weight excluding hydrogens is 389 g/mol. The van der Waals surface area contributed by atoms with Crippen LogP contribution in [0.3, 0.4) is 0 Å². The van der Waals surface area contributed by atoms with Gasteiger partial charge >= 0.3 is 6.18 Å². The van der Waals surface area contributed by atoms with Gasteiger partial charge in [0, 0.05) is 30.6 Å². The highest BCUT2D eigenvalue weighted by molar-refractivity contribution is 6.05. The topological polar surface area (TPSA) is 86.1 Å². The summed E-state index contributed by atoms with van der Waals surface area (Å²) in [6.07, 6.45) is -2.62. The molecule has 3 aromatic rings. The van der Waals surface area contributed by atoms with Crippen LogP contribution in [0.1, 0.15) is 29.5 Å². The van der Waals surface area contributed by atoms with Crippen LogP contribution < -0.4 is 10.1 Å². The van der Waals surface area contributed by atoms with Gasteiger partial charge in [0.15, 0.2) is 0 Å². The Morgan fingerprint density at radius 3 is 2.66 bits per heavy atom. The molecule has 0 saturated heterocycles. The molecule has 0 saturated carbocycles. The number of aromatic nitrogens is 3. The van der Waals surface area contributed by atoms with Gasteiger partial charge in [-0.1, -0.05) is 6.07 Å². The Hall–Kier alpha value is -3.43. The zero-order chi connectivity index (χ0) is 21.2. The van der Waals surface area contributed by atoms with Crippen molar-refractivity contribution in [3.05, 3.63) is 47.9 Å². The number of ether oxygens (including phenoxy) is 1. The molecule has 0 radical (unpaired) electrons. The van der Waals surface area contributed by atoms with Gasteiger partial charge in [-0.25, -0.2) is 4.98 Å². The number of aryl methyl sites for hydroxylation is 1. The first-order valence-corrected chi connectivity index (χ1v) is 8.57. The van der Waals surface area contributed by atoms with Gasteiger partial charge in [0.1, 0.15) is 22.9 Å². The fraction of sp³-hybridized carbons (Fsp3) is 0.263. The Kier molecular flexibility index (Phi) is 5.53. The van der Waals surface area contributed by atoms with Gasteiger partial charge < -0.3 is 10.1 Å². The molecule has 10 heteroatoms. The number of benzene rings is 1. The summed E-state index contributed by atoms with van der Waals surface area (Å²) in [4.78, 5) is 26.9. The molecule has 0 spiro atoms. The monoisotopic (exact) mass is 406 g/mol. The molecule has 7 nitrogen and oxygen atoms in total. The predicted molar refractivity (Wildman–Crippen MR) is 98.8 cm³/mol. The largest absolute Gasteiger partial charge is 0.494 e. The Bertz CT molecular complexity index is 1080. The molecule has 1 aromatic carbocycles. The van der Waals surface area contributed by atoms with E-state index in [2.05, 4.69) is 15.4 Å². The third kappa shape index (κ3) is 4.71. The molecule has 0 aliphatic heterocycles. The molecule has 2 aromatic heterocycles. The second kappa shape index (κ2) is 7.90. The van der Waals surface area contributed by atoms with Crippen LogP contribution in [-0.4, -0.2) is 33.6 Å². The summed E-state index contributed by atoms with van der Waals surface area (Å²) in [5.41, 5.74) is -0.686. The minimum Gasteiger partial charge on any atom is -0.494 e. The molecule has 0 aliphatic carbocycles. The Morgan fingerprint density at radius 2 is 2.00 bits per heavy atom. The minimum absolute atomic E-state index is 0.0312. The standard InChI is InChI=1S/C19H17F3N4O3/c1-11(27)6-7-26-10-12-8-15(16(29-2)9-14(12)25-26)24-18(28)13-4-3-5-17(23-13)19(20,21)22/h3-5,8-10H,6-7H2,1-2H3,(H,24,28). The summed E-state index contributed by atoms with van der Waals surface area (Å²) in [5.74, 6) is -0.490. The molecule has 29 heavy (non-hydrogen) atoms. The van der Waals surface area contributed by atoms with E-state index in [-0.39, 0.29) is 22.9 Å². The van der Waals surface area contributed by atoms with E-state index in [1.165, 1.54) is 20.1 Å². The number of alkyl halides is 3. The lowest BCUT2D eigenvalue weighted by Gasteiger charge is -2.11. The van der Waals surface area contributed by atoms with Crippen LogP contribution in [0, 0.1) is 0 Å². The van der Waals surface area contributed by atoms with Crippen molar-refractivity contribution in [3.63, 3.8) is 0 Å². The Morgan fingerprint density at radius 1 is 1.24 bits per heavy atom. The summed E-state index contributed by atoms with van der Waals surface area (Å²) in [6, 6.07) is 6.28. The van der Waals surface area contributed by atoms with Crippen molar-refractivity contribution in [1.82, 2.24) is 14.8 Å². The molecule has 1 N–H and O–H groups in total. The van der Waals surface area contributed by atoms with Gasteiger partial charge in [-0.15, -0.1) is 0 Å². The van der Waals surface area contributed by atoms with E-state index in [1.54, 1.807) is 23.0 Å². The number of pyridine rings is 1. The van der Waals surface area contributed by atoms with E-state index in [9.17, 15) is 22.8 Å². The van der Waals surface area contributed by atoms with Gasteiger partial charge in [0.2, 0.25) is 0 Å². The summed E-state index contributed by atoms with van der Waals surface area (Å²) in [7, 11) is 1.39. The lowest BCUT2D eigenvalue weighted by molar-refractivity contribution is -0.141. The highest BCUT2D eigenvalue weighted by atomic mass is 19.4. The average Bonchev–Trinajstić information content (AvgIpc) is 3.06. The van der Waals surface area contributed by atoms with E-state index in [4.69, 9.17) is 4.74 Å². The van der Waals surface area contributed by atoms with Crippen LogP contribution >= 0.6 is 0 Å². The normalized spacial score (nSPS) is 11.5. The van der Waals surface area contributed by atoms with E-state index < -0.39 is 17.8 Å². The highest BCUT2D eigenvalue weighted by Gasteiger charge is 2.33. The number of fused-ring (bicyclic) bond motifs is 1. The second-order valence-electron chi connectivity index (χ2n) is 6.32. The van der Waals surface area contributed by atoms with E-state index in [0.29, 0.717) is 23.9 Å². The first-order chi connectivity index (χ1) is 13.7. The van der Waals surface area contributed by atoms with Gasteiger partial charge in [-0.3, -0.25) is 14.3 Å². The summed E-state index contributed by atoms with van der Waals surface area (Å²) in [6.45, 7) is 1.89. The van der Waals surface area contributed by atoms with Crippen LogP contribution in [0.4, 0.5) is 18.9 Å². The maximum atomic E-state index is 12.8. The Balaban J connectivity index is 1.88. The lowest BCUT2D eigenvalue weighted by Crippen LogP contribution is -2.17. The third-order valence-corrected chi connectivity index (χ3v) is 4.09. The van der Waals surface area contributed by atoms with Crippen LogP contribution in [0.25, 0.3) is 10.9 Å². The number of methoxy groups -OCH3 is 1. The van der Waals surface area contributed by atoms with E-state index >= 15 is 0 Å². The van der Waals surface area contributed by atoms with Gasteiger partial charge in [-0.2, -0.15) is 18.3 Å². The SMILES string of the molecule is COc1cc2nn(CCC(C)=O)cc2cc1NC(=O)c1cccc(C(F)(F)F)n1. The van der Waals surface area contributed by atoms with E-state index in [0.717, 1.165) is 12.1 Å². The molecule has 1 amide bonds. The molecule has 152 valence electrons. The van der Waals surface area contributed by atoms with Gasteiger partial charge in [0.25, 0.3) is 5.91 Å². The molecule has 0 aliphatic rings. The zero-order valence-electron chi connectivity index (χ0n) is 15.6. The number of carbonyl (C=O) groups excluding carboxylic acids is 2. The quantitative estimate of drug-likeness (QED) is 0.675. The van der Waals surface area contributed by atoms with Crippen molar-refractivity contribution in [2.75, 3.05) is 12.4 Å². The second-order valence-corrected chi connectivity index (χ2v) is 6.32. The lowest BCUT2D eigenvalue weighted by atomic mass is 10.2. The Labute approximate surface area is 163 Å². The fourth-order valence-corrected chi connectivity index (χ4v) is 2.66. The number of anilines is 1. The predicted octanol–water partition coefficient (Wildman–Crippen LogP) is 3.69. The number of nitrogens with zero attached hydrogens (tertiary/aromatic N) is 3. The minimum atomic E-state index is -4.65. The number of halogens is 3. The highest BCUT2D eigenvalue weighted by Crippen LogP contribution is 2.31. The third-order valence-electron chi connectivity index (χ3n) is 4.09. The smallest absolute Gasteiger partial charge is 0.433 e. The number of amides is 1. The number of nitrogens with one attached hydrogen (secondary N) is 1. The van der Waals surface area contributed by atoms with Gasteiger partial charge in [-0.05, 0) is 25.1 Å². The van der Waals surface area contributed by atoms with Crippen LogP contribution in [0.15, 0.2) is 36.5 Å². The maximum absolute atomic E-state index is 12.8. The number of hydrogen-bond donors (Lipinski definition) is 1. The molecular formula is C19H17F3N4O3. The molecule has 0 atom stereocenters. The van der Waals surface area contributed by atoms with Crippen molar-refractivity contribution in [3.8, 4) is 5.75 Å². The number of Topliss-reactive ketones (excluding diaryl/α,β-unsaturated/α-hetero) is 1. The van der Waals surface area contributed by atoms with Crippen molar-refractivity contribution < 1.29 is 27.5 Å². The van der Waals surface area contributed by atoms with Crippen molar-refractivity contribution in [2.45, 2.75) is 26.1 Å². The van der Waals surface area contributed by atoms with Crippen LogP contribution in [-0.2, 0) is 17.5 Å². The first kappa shape index (κ1) is 20.3. The first-order valence-electron chi connectivity index (χ1n) is 8.57. The van der Waals surface area contributed by atoms with Crippen LogP contribution in [0.2, 0.25) is 0 Å².